The molecule has 0 radical (unpaired) electrons. The van der Waals surface area contributed by atoms with E-state index in [1.807, 2.05) is 49.4 Å². The molecule has 0 atom stereocenters. The molecule has 116 valence electrons. The third-order valence-corrected chi connectivity index (χ3v) is 3.83. The van der Waals surface area contributed by atoms with Gasteiger partial charge in [0.1, 0.15) is 0 Å². The minimum Gasteiger partial charge on any atom is -0.443 e. The van der Waals surface area contributed by atoms with E-state index in [2.05, 4.69) is 10.3 Å². The fourth-order valence-corrected chi connectivity index (χ4v) is 2.50. The highest BCUT2D eigenvalue weighted by Crippen LogP contribution is 2.24. The number of aryl methyl sites for hydroxylation is 1. The van der Waals surface area contributed by atoms with E-state index in [1.54, 1.807) is 6.07 Å². The predicted molar refractivity (Wildman–Crippen MR) is 89.3 cm³/mol. The number of carbonyl (C=O) groups is 1. The highest BCUT2D eigenvalue weighted by Gasteiger charge is 2.18. The first-order valence-electron chi connectivity index (χ1n) is 7.17. The summed E-state index contributed by atoms with van der Waals surface area (Å²) in [4.78, 5) is 16.4. The van der Waals surface area contributed by atoms with Gasteiger partial charge in [0.05, 0.1) is 0 Å². The lowest BCUT2D eigenvalue weighted by atomic mass is 10.1. The fraction of sp³-hybridized carbons (Fsp3) is 0.111. The molecule has 23 heavy (non-hydrogen) atoms. The lowest BCUT2D eigenvalue weighted by molar-refractivity contribution is 0.0947. The van der Waals surface area contributed by atoms with Gasteiger partial charge in [-0.25, -0.2) is 4.98 Å². The average Bonchev–Trinajstić information content (AvgIpc) is 3.03. The van der Waals surface area contributed by atoms with Gasteiger partial charge in [-0.2, -0.15) is 0 Å². The van der Waals surface area contributed by atoms with E-state index in [-0.39, 0.29) is 11.6 Å². The Labute approximate surface area is 139 Å². The molecule has 1 N–H and O–H groups in total. The molecule has 0 aliphatic heterocycles. The summed E-state index contributed by atoms with van der Waals surface area (Å²) < 4.78 is 5.40. The smallest absolute Gasteiger partial charge is 0.274 e. The molecule has 0 aliphatic carbocycles. The van der Waals surface area contributed by atoms with Crippen LogP contribution in [0, 0.1) is 6.92 Å². The van der Waals surface area contributed by atoms with E-state index in [1.165, 1.54) is 6.39 Å². The summed E-state index contributed by atoms with van der Waals surface area (Å²) in [7, 11) is 0. The molecule has 3 aromatic rings. The molecular formula is C18H15ClN2O2. The van der Waals surface area contributed by atoms with Crippen LogP contribution >= 0.6 is 11.6 Å². The van der Waals surface area contributed by atoms with Gasteiger partial charge < -0.3 is 9.73 Å². The van der Waals surface area contributed by atoms with Crippen LogP contribution in [0.3, 0.4) is 0 Å². The number of hydrogen-bond donors (Lipinski definition) is 1. The third-order valence-electron chi connectivity index (χ3n) is 3.46. The quantitative estimate of drug-likeness (QED) is 0.780. The summed E-state index contributed by atoms with van der Waals surface area (Å²) in [5.74, 6) is 0.167. The van der Waals surface area contributed by atoms with Crippen molar-refractivity contribution in [2.45, 2.75) is 13.5 Å². The first kappa shape index (κ1) is 15.3. The van der Waals surface area contributed by atoms with Crippen molar-refractivity contribution in [1.82, 2.24) is 10.3 Å². The van der Waals surface area contributed by atoms with Crippen LogP contribution < -0.4 is 5.32 Å². The van der Waals surface area contributed by atoms with E-state index in [4.69, 9.17) is 16.0 Å². The van der Waals surface area contributed by atoms with Crippen molar-refractivity contribution in [3.05, 3.63) is 76.8 Å². The summed E-state index contributed by atoms with van der Waals surface area (Å²) >= 11 is 6.09. The van der Waals surface area contributed by atoms with Crippen LogP contribution in [-0.4, -0.2) is 10.9 Å². The minimum atomic E-state index is -0.296. The van der Waals surface area contributed by atoms with Crippen LogP contribution in [-0.2, 0) is 6.54 Å². The van der Waals surface area contributed by atoms with Crippen LogP contribution in [0.25, 0.3) is 11.3 Å². The zero-order valence-electron chi connectivity index (χ0n) is 12.5. The lowest BCUT2D eigenvalue weighted by Crippen LogP contribution is -2.23. The van der Waals surface area contributed by atoms with Gasteiger partial charge >= 0.3 is 0 Å². The number of nitrogens with one attached hydrogen (secondary N) is 1. The number of carbonyl (C=O) groups excluding carboxylic acids is 1. The summed E-state index contributed by atoms with van der Waals surface area (Å²) in [6.07, 6.45) is 1.28. The van der Waals surface area contributed by atoms with E-state index in [0.717, 1.165) is 16.7 Å². The van der Waals surface area contributed by atoms with Crippen LogP contribution in [0.4, 0.5) is 0 Å². The minimum absolute atomic E-state index is 0.266. The van der Waals surface area contributed by atoms with Crippen molar-refractivity contribution in [2.24, 2.45) is 0 Å². The second kappa shape index (κ2) is 6.67. The Morgan fingerprint density at radius 2 is 2.04 bits per heavy atom. The van der Waals surface area contributed by atoms with Gasteiger partial charge in [-0.15, -0.1) is 0 Å². The molecule has 1 heterocycles. The topological polar surface area (TPSA) is 55.1 Å². The Kier molecular flexibility index (Phi) is 4.44. The van der Waals surface area contributed by atoms with Gasteiger partial charge in [-0.3, -0.25) is 4.79 Å². The van der Waals surface area contributed by atoms with Crippen LogP contribution in [0.1, 0.15) is 21.6 Å². The van der Waals surface area contributed by atoms with Crippen molar-refractivity contribution in [1.29, 1.82) is 0 Å². The van der Waals surface area contributed by atoms with E-state index < -0.39 is 0 Å². The Morgan fingerprint density at radius 1 is 1.22 bits per heavy atom. The van der Waals surface area contributed by atoms with Crippen molar-refractivity contribution in [3.63, 3.8) is 0 Å². The highest BCUT2D eigenvalue weighted by molar-refractivity contribution is 6.31. The monoisotopic (exact) mass is 326 g/mol. The predicted octanol–water partition coefficient (Wildman–Crippen LogP) is 4.23. The molecule has 0 unspecified atom stereocenters. The summed E-state index contributed by atoms with van der Waals surface area (Å²) in [5.41, 5.74) is 3.03. The van der Waals surface area contributed by atoms with Crippen molar-refractivity contribution < 1.29 is 9.21 Å². The zero-order chi connectivity index (χ0) is 16.2. The Balaban J connectivity index is 1.79. The van der Waals surface area contributed by atoms with Crippen molar-refractivity contribution in [3.8, 4) is 11.3 Å². The van der Waals surface area contributed by atoms with E-state index >= 15 is 0 Å². The second-order valence-electron chi connectivity index (χ2n) is 5.17. The van der Waals surface area contributed by atoms with Gasteiger partial charge in [-0.1, -0.05) is 53.6 Å². The molecule has 2 aromatic carbocycles. The maximum atomic E-state index is 12.4. The number of aromatic nitrogens is 1. The van der Waals surface area contributed by atoms with Gasteiger partial charge in [0.2, 0.25) is 0 Å². The second-order valence-corrected chi connectivity index (χ2v) is 5.58. The molecule has 5 heteroatoms. The number of amides is 1. The maximum Gasteiger partial charge on any atom is 0.274 e. The molecule has 3 rings (SSSR count). The zero-order valence-corrected chi connectivity index (χ0v) is 13.3. The third kappa shape index (κ3) is 3.43. The first-order chi connectivity index (χ1) is 11.1. The lowest BCUT2D eigenvalue weighted by Gasteiger charge is -2.06. The summed E-state index contributed by atoms with van der Waals surface area (Å²) in [6.45, 7) is 2.32. The Morgan fingerprint density at radius 3 is 2.83 bits per heavy atom. The van der Waals surface area contributed by atoms with E-state index in [9.17, 15) is 4.79 Å². The molecule has 0 fully saturated rings. The standard InChI is InChI=1S/C18H15ClN2O2/c1-12-5-4-7-13(9-12)17-16(21-11-23-17)18(22)20-10-14-6-2-3-8-15(14)19/h2-9,11H,10H2,1H3,(H,20,22). The molecule has 0 bridgehead atoms. The molecule has 1 amide bonds. The van der Waals surface area contributed by atoms with Gasteiger partial charge in [0, 0.05) is 17.1 Å². The molecule has 4 nitrogen and oxygen atoms in total. The number of benzene rings is 2. The Bertz CT molecular complexity index is 842. The number of hydrogen-bond acceptors (Lipinski definition) is 3. The molecule has 0 spiro atoms. The van der Waals surface area contributed by atoms with Crippen molar-refractivity contribution >= 4 is 17.5 Å². The molecular weight excluding hydrogens is 312 g/mol. The Hall–Kier alpha value is -2.59. The number of oxazole rings is 1. The molecule has 0 aliphatic rings. The highest BCUT2D eigenvalue weighted by atomic mass is 35.5. The number of rotatable bonds is 4. The van der Waals surface area contributed by atoms with Crippen LogP contribution in [0.15, 0.2) is 59.3 Å². The summed E-state index contributed by atoms with van der Waals surface area (Å²) in [5, 5.41) is 3.44. The molecule has 1 aromatic heterocycles. The molecule has 0 saturated carbocycles. The fourth-order valence-electron chi connectivity index (χ4n) is 2.30. The molecule has 0 saturated heterocycles. The van der Waals surface area contributed by atoms with Gasteiger partial charge in [-0.05, 0) is 24.6 Å². The largest absolute Gasteiger partial charge is 0.443 e. The number of halogens is 1. The maximum absolute atomic E-state index is 12.4. The van der Waals surface area contributed by atoms with Gasteiger partial charge in [0.15, 0.2) is 17.8 Å². The van der Waals surface area contributed by atoms with Crippen molar-refractivity contribution in [2.75, 3.05) is 0 Å². The SMILES string of the molecule is Cc1cccc(-c2ocnc2C(=O)NCc2ccccc2Cl)c1. The van der Waals surface area contributed by atoms with E-state index in [0.29, 0.717) is 17.3 Å². The average molecular weight is 327 g/mol. The summed E-state index contributed by atoms with van der Waals surface area (Å²) in [6, 6.07) is 15.1. The van der Waals surface area contributed by atoms with Crippen LogP contribution in [0.5, 0.6) is 0 Å². The van der Waals surface area contributed by atoms with Crippen LogP contribution in [0.2, 0.25) is 5.02 Å². The number of nitrogens with zero attached hydrogens (tertiary/aromatic N) is 1. The van der Waals surface area contributed by atoms with Gasteiger partial charge in [0.25, 0.3) is 5.91 Å². The first-order valence-corrected chi connectivity index (χ1v) is 7.55. The normalized spacial score (nSPS) is 10.5.